The van der Waals surface area contributed by atoms with Crippen molar-refractivity contribution in [3.8, 4) is 0 Å². The Kier molecular flexibility index (Phi) is 5.89. The highest BCUT2D eigenvalue weighted by molar-refractivity contribution is 6.31. The number of benzene rings is 2. The molecule has 2 aromatic carbocycles. The van der Waals surface area contributed by atoms with Crippen LogP contribution in [0.3, 0.4) is 0 Å². The Bertz CT molecular complexity index is 762. The minimum atomic E-state index is -0.607. The lowest BCUT2D eigenvalue weighted by Crippen LogP contribution is -3.04. The minimum Gasteiger partial charge on any atom is -0.348 e. The van der Waals surface area contributed by atoms with Crippen LogP contribution in [0.4, 0.5) is 5.69 Å². The molecular formula is C17H19ClN3O3+. The van der Waals surface area contributed by atoms with Gasteiger partial charge in [0, 0.05) is 23.2 Å². The Morgan fingerprint density at radius 3 is 2.50 bits per heavy atom. The molecule has 0 saturated carbocycles. The summed E-state index contributed by atoms with van der Waals surface area (Å²) < 4.78 is 0. The predicted molar refractivity (Wildman–Crippen MR) is 92.2 cm³/mol. The van der Waals surface area contributed by atoms with Crippen LogP contribution in [0.25, 0.3) is 0 Å². The number of carbonyl (C=O) groups is 1. The van der Waals surface area contributed by atoms with Gasteiger partial charge in [0.2, 0.25) is 0 Å². The van der Waals surface area contributed by atoms with Gasteiger partial charge in [-0.25, -0.2) is 0 Å². The molecule has 2 rings (SSSR count). The van der Waals surface area contributed by atoms with E-state index in [1.165, 1.54) is 23.1 Å². The molecule has 0 bridgehead atoms. The first kappa shape index (κ1) is 17.9. The summed E-state index contributed by atoms with van der Waals surface area (Å²) in [6, 6.07) is 11.8. The van der Waals surface area contributed by atoms with Crippen molar-refractivity contribution in [1.82, 2.24) is 5.32 Å². The smallest absolute Gasteiger partial charge is 0.283 e. The standard InChI is InChI=1S/C17H18ClN3O3/c1-20(2)11-13-6-4-3-5-12(13)10-19-17(22)15-8-7-14(18)9-16(15)21(23)24/h3-9H,10-11H2,1-2H3,(H,19,22)/p+1. The molecular weight excluding hydrogens is 330 g/mol. The first-order chi connectivity index (χ1) is 11.4. The van der Waals surface area contributed by atoms with E-state index in [-0.39, 0.29) is 16.3 Å². The summed E-state index contributed by atoms with van der Waals surface area (Å²) in [5, 5.41) is 14.1. The first-order valence-corrected chi connectivity index (χ1v) is 7.84. The molecule has 0 unspecified atom stereocenters. The van der Waals surface area contributed by atoms with E-state index in [1.54, 1.807) is 0 Å². The summed E-state index contributed by atoms with van der Waals surface area (Å²) in [6.45, 7) is 1.13. The molecule has 0 aliphatic carbocycles. The van der Waals surface area contributed by atoms with Gasteiger partial charge in [-0.15, -0.1) is 0 Å². The Morgan fingerprint density at radius 2 is 1.88 bits per heavy atom. The van der Waals surface area contributed by atoms with Crippen LogP contribution >= 0.6 is 11.6 Å². The number of hydrogen-bond acceptors (Lipinski definition) is 3. The van der Waals surface area contributed by atoms with E-state index in [1.807, 2.05) is 38.4 Å². The number of quaternary nitrogens is 1. The highest BCUT2D eigenvalue weighted by atomic mass is 35.5. The number of amides is 1. The molecule has 0 aliphatic heterocycles. The monoisotopic (exact) mass is 348 g/mol. The van der Waals surface area contributed by atoms with Crippen LogP contribution in [-0.4, -0.2) is 24.9 Å². The third-order valence-electron chi connectivity index (χ3n) is 3.50. The second kappa shape index (κ2) is 7.90. The number of nitrogens with zero attached hydrogens (tertiary/aromatic N) is 1. The summed E-state index contributed by atoms with van der Waals surface area (Å²) in [4.78, 5) is 24.1. The second-order valence-corrected chi connectivity index (χ2v) is 6.19. The van der Waals surface area contributed by atoms with Crippen LogP contribution in [0.2, 0.25) is 5.02 Å². The van der Waals surface area contributed by atoms with Gasteiger partial charge in [0.05, 0.1) is 19.0 Å². The van der Waals surface area contributed by atoms with Crippen LogP contribution in [0, 0.1) is 10.1 Å². The van der Waals surface area contributed by atoms with Crippen LogP contribution < -0.4 is 10.2 Å². The minimum absolute atomic E-state index is 0.000107. The number of hydrogen-bond donors (Lipinski definition) is 2. The lowest BCUT2D eigenvalue weighted by atomic mass is 10.1. The molecule has 0 atom stereocenters. The number of halogens is 1. The molecule has 0 aromatic heterocycles. The third-order valence-corrected chi connectivity index (χ3v) is 3.74. The van der Waals surface area contributed by atoms with E-state index < -0.39 is 10.8 Å². The average Bonchev–Trinajstić information content (AvgIpc) is 2.53. The molecule has 0 heterocycles. The lowest BCUT2D eigenvalue weighted by molar-refractivity contribution is -0.872. The number of carbonyl (C=O) groups excluding carboxylic acids is 1. The fourth-order valence-electron chi connectivity index (χ4n) is 2.40. The molecule has 0 spiro atoms. The molecule has 126 valence electrons. The van der Waals surface area contributed by atoms with Crippen LogP contribution in [0.5, 0.6) is 0 Å². The van der Waals surface area contributed by atoms with E-state index in [2.05, 4.69) is 5.32 Å². The zero-order valence-electron chi connectivity index (χ0n) is 13.5. The Morgan fingerprint density at radius 1 is 1.21 bits per heavy atom. The maximum Gasteiger partial charge on any atom is 0.283 e. The summed E-state index contributed by atoms with van der Waals surface area (Å²) >= 11 is 5.77. The summed E-state index contributed by atoms with van der Waals surface area (Å²) in [5.41, 5.74) is 1.82. The first-order valence-electron chi connectivity index (χ1n) is 7.46. The fraction of sp³-hybridized carbons (Fsp3) is 0.235. The molecule has 0 aliphatic rings. The molecule has 1 amide bonds. The third kappa shape index (κ3) is 4.53. The van der Waals surface area contributed by atoms with Crippen molar-refractivity contribution < 1.29 is 14.6 Å². The van der Waals surface area contributed by atoms with Gasteiger partial charge < -0.3 is 10.2 Å². The average molecular weight is 349 g/mol. The topological polar surface area (TPSA) is 76.7 Å². The van der Waals surface area contributed by atoms with E-state index in [9.17, 15) is 14.9 Å². The molecule has 2 aromatic rings. The van der Waals surface area contributed by atoms with Gasteiger partial charge in [-0.2, -0.15) is 0 Å². The van der Waals surface area contributed by atoms with Crippen molar-refractivity contribution in [1.29, 1.82) is 0 Å². The molecule has 0 saturated heterocycles. The number of nitro groups is 1. The van der Waals surface area contributed by atoms with Gasteiger partial charge in [-0.1, -0.05) is 35.9 Å². The SMILES string of the molecule is C[NH+](C)Cc1ccccc1CNC(=O)c1ccc(Cl)cc1[N+](=O)[O-]. The van der Waals surface area contributed by atoms with Gasteiger partial charge >= 0.3 is 0 Å². The van der Waals surface area contributed by atoms with Gasteiger partial charge in [0.1, 0.15) is 12.1 Å². The van der Waals surface area contributed by atoms with Crippen molar-refractivity contribution in [3.63, 3.8) is 0 Å². The van der Waals surface area contributed by atoms with Gasteiger partial charge in [0.15, 0.2) is 0 Å². The number of nitro benzene ring substituents is 1. The van der Waals surface area contributed by atoms with Gasteiger partial charge in [-0.05, 0) is 17.7 Å². The highest BCUT2D eigenvalue weighted by Gasteiger charge is 2.20. The molecule has 7 heteroatoms. The lowest BCUT2D eigenvalue weighted by Gasteiger charge is -2.13. The molecule has 0 fully saturated rings. The summed E-state index contributed by atoms with van der Waals surface area (Å²) in [5.74, 6) is -0.495. The van der Waals surface area contributed by atoms with Crippen molar-refractivity contribution >= 4 is 23.2 Å². The maximum absolute atomic E-state index is 12.3. The summed E-state index contributed by atoms with van der Waals surface area (Å²) in [6.07, 6.45) is 0. The van der Waals surface area contributed by atoms with Gasteiger partial charge in [-0.3, -0.25) is 14.9 Å². The highest BCUT2D eigenvalue weighted by Crippen LogP contribution is 2.23. The van der Waals surface area contributed by atoms with Crippen molar-refractivity contribution in [2.24, 2.45) is 0 Å². The molecule has 24 heavy (non-hydrogen) atoms. The van der Waals surface area contributed by atoms with Crippen molar-refractivity contribution in [3.05, 3.63) is 74.3 Å². The van der Waals surface area contributed by atoms with Crippen molar-refractivity contribution in [2.45, 2.75) is 13.1 Å². The zero-order valence-corrected chi connectivity index (χ0v) is 14.3. The fourth-order valence-corrected chi connectivity index (χ4v) is 2.57. The predicted octanol–water partition coefficient (Wildman–Crippen LogP) is 1.82. The van der Waals surface area contributed by atoms with Crippen LogP contribution in [0.15, 0.2) is 42.5 Å². The van der Waals surface area contributed by atoms with Crippen molar-refractivity contribution in [2.75, 3.05) is 14.1 Å². The normalized spacial score (nSPS) is 10.7. The van der Waals surface area contributed by atoms with Crippen LogP contribution in [0.1, 0.15) is 21.5 Å². The van der Waals surface area contributed by atoms with E-state index in [4.69, 9.17) is 11.6 Å². The van der Waals surface area contributed by atoms with E-state index in [0.717, 1.165) is 17.7 Å². The Balaban J connectivity index is 2.16. The maximum atomic E-state index is 12.3. The molecule has 2 N–H and O–H groups in total. The van der Waals surface area contributed by atoms with Crippen LogP contribution in [-0.2, 0) is 13.1 Å². The van der Waals surface area contributed by atoms with E-state index >= 15 is 0 Å². The second-order valence-electron chi connectivity index (χ2n) is 5.75. The Labute approximate surface area is 145 Å². The van der Waals surface area contributed by atoms with E-state index in [0.29, 0.717) is 6.54 Å². The molecule has 6 nitrogen and oxygen atoms in total. The number of nitrogens with one attached hydrogen (secondary N) is 2. The number of rotatable bonds is 6. The molecule has 0 radical (unpaired) electrons. The largest absolute Gasteiger partial charge is 0.348 e. The van der Waals surface area contributed by atoms with Gasteiger partial charge in [0.25, 0.3) is 11.6 Å². The zero-order chi connectivity index (χ0) is 17.7. The Hall–Kier alpha value is -2.44. The summed E-state index contributed by atoms with van der Waals surface area (Å²) in [7, 11) is 4.10. The quantitative estimate of drug-likeness (QED) is 0.617.